The Bertz CT molecular complexity index is 519. The summed E-state index contributed by atoms with van der Waals surface area (Å²) in [5.41, 5.74) is 7.93. The second-order valence-corrected chi connectivity index (χ2v) is 4.11. The maximum atomic E-state index is 14.0. The molecule has 0 aliphatic heterocycles. The lowest BCUT2D eigenvalue weighted by molar-refractivity contribution is 0.597. The molecular weight excluding hydrogens is 217 g/mol. The SMILES string of the molecule is CC[C@@H](N)c1cncn1-c1cccc(C)c1F. The van der Waals surface area contributed by atoms with Crippen LogP contribution < -0.4 is 5.73 Å². The summed E-state index contributed by atoms with van der Waals surface area (Å²) >= 11 is 0. The van der Waals surface area contributed by atoms with E-state index in [2.05, 4.69) is 4.98 Å². The van der Waals surface area contributed by atoms with Gasteiger partial charge in [0.2, 0.25) is 0 Å². The number of nitrogens with two attached hydrogens (primary N) is 1. The molecule has 17 heavy (non-hydrogen) atoms. The van der Waals surface area contributed by atoms with E-state index in [4.69, 9.17) is 5.73 Å². The van der Waals surface area contributed by atoms with E-state index in [1.165, 1.54) is 0 Å². The second kappa shape index (κ2) is 4.67. The van der Waals surface area contributed by atoms with Crippen molar-refractivity contribution in [2.24, 2.45) is 5.73 Å². The number of aromatic nitrogens is 2. The van der Waals surface area contributed by atoms with Gasteiger partial charge in [0.1, 0.15) is 5.82 Å². The van der Waals surface area contributed by atoms with Gasteiger partial charge in [0.15, 0.2) is 0 Å². The molecule has 0 saturated carbocycles. The zero-order valence-electron chi connectivity index (χ0n) is 10.0. The summed E-state index contributed by atoms with van der Waals surface area (Å²) in [5, 5.41) is 0. The van der Waals surface area contributed by atoms with Crippen molar-refractivity contribution in [3.8, 4) is 5.69 Å². The van der Waals surface area contributed by atoms with Crippen molar-refractivity contribution in [3.05, 3.63) is 47.8 Å². The number of halogens is 1. The van der Waals surface area contributed by atoms with Crippen LogP contribution in [0.3, 0.4) is 0 Å². The van der Waals surface area contributed by atoms with Crippen molar-refractivity contribution in [3.63, 3.8) is 0 Å². The highest BCUT2D eigenvalue weighted by Crippen LogP contribution is 2.22. The highest BCUT2D eigenvalue weighted by molar-refractivity contribution is 5.39. The van der Waals surface area contributed by atoms with Gasteiger partial charge in [0.05, 0.1) is 23.9 Å². The van der Waals surface area contributed by atoms with Crippen molar-refractivity contribution in [1.29, 1.82) is 0 Å². The maximum absolute atomic E-state index is 14.0. The molecular formula is C13H16FN3. The van der Waals surface area contributed by atoms with Gasteiger partial charge in [-0.3, -0.25) is 4.57 Å². The Balaban J connectivity index is 2.54. The average Bonchev–Trinajstić information content (AvgIpc) is 2.80. The summed E-state index contributed by atoms with van der Waals surface area (Å²) < 4.78 is 15.7. The molecule has 90 valence electrons. The van der Waals surface area contributed by atoms with Crippen LogP contribution in [0.25, 0.3) is 5.69 Å². The van der Waals surface area contributed by atoms with E-state index in [0.29, 0.717) is 11.3 Å². The molecule has 2 rings (SSSR count). The van der Waals surface area contributed by atoms with Gasteiger partial charge in [-0.2, -0.15) is 0 Å². The third kappa shape index (κ3) is 2.08. The van der Waals surface area contributed by atoms with Crippen molar-refractivity contribution in [2.75, 3.05) is 0 Å². The van der Waals surface area contributed by atoms with Crippen molar-refractivity contribution < 1.29 is 4.39 Å². The predicted molar refractivity (Wildman–Crippen MR) is 65.5 cm³/mol. The van der Waals surface area contributed by atoms with Crippen molar-refractivity contribution >= 4 is 0 Å². The van der Waals surface area contributed by atoms with Gasteiger partial charge < -0.3 is 5.73 Å². The quantitative estimate of drug-likeness (QED) is 0.885. The third-order valence-corrected chi connectivity index (χ3v) is 2.92. The van der Waals surface area contributed by atoms with Gasteiger partial charge in [-0.05, 0) is 25.0 Å². The molecule has 2 N–H and O–H groups in total. The first kappa shape index (κ1) is 11.8. The molecule has 0 radical (unpaired) electrons. The predicted octanol–water partition coefficient (Wildman–Crippen LogP) is 2.73. The Labute approximate surface area is 100 Å². The molecule has 0 unspecified atom stereocenters. The summed E-state index contributed by atoms with van der Waals surface area (Å²) in [4.78, 5) is 4.05. The van der Waals surface area contributed by atoms with Crippen LogP contribution in [-0.4, -0.2) is 9.55 Å². The van der Waals surface area contributed by atoms with E-state index in [-0.39, 0.29) is 11.9 Å². The normalized spacial score (nSPS) is 12.7. The molecule has 1 aromatic carbocycles. The lowest BCUT2D eigenvalue weighted by Crippen LogP contribution is -2.14. The van der Waals surface area contributed by atoms with Gasteiger partial charge in [-0.25, -0.2) is 9.37 Å². The Morgan fingerprint density at radius 1 is 1.47 bits per heavy atom. The minimum Gasteiger partial charge on any atom is -0.323 e. The largest absolute Gasteiger partial charge is 0.323 e. The molecule has 0 aliphatic rings. The second-order valence-electron chi connectivity index (χ2n) is 4.11. The van der Waals surface area contributed by atoms with Crippen LogP contribution in [0.5, 0.6) is 0 Å². The molecule has 0 saturated heterocycles. The molecule has 0 spiro atoms. The van der Waals surface area contributed by atoms with Crippen LogP contribution in [0, 0.1) is 12.7 Å². The summed E-state index contributed by atoms with van der Waals surface area (Å²) in [6.07, 6.45) is 4.08. The van der Waals surface area contributed by atoms with Gasteiger partial charge in [-0.1, -0.05) is 19.1 Å². The van der Waals surface area contributed by atoms with Crippen molar-refractivity contribution in [2.45, 2.75) is 26.3 Å². The number of imidazole rings is 1. The fraction of sp³-hybridized carbons (Fsp3) is 0.308. The number of hydrogen-bond acceptors (Lipinski definition) is 2. The van der Waals surface area contributed by atoms with Crippen LogP contribution in [0.1, 0.15) is 30.6 Å². The first-order valence-electron chi connectivity index (χ1n) is 5.68. The molecule has 2 aromatic rings. The smallest absolute Gasteiger partial charge is 0.150 e. The number of aryl methyl sites for hydroxylation is 1. The topological polar surface area (TPSA) is 43.8 Å². The number of benzene rings is 1. The Morgan fingerprint density at radius 2 is 2.24 bits per heavy atom. The van der Waals surface area contributed by atoms with Crippen LogP contribution in [-0.2, 0) is 0 Å². The Hall–Kier alpha value is -1.68. The van der Waals surface area contributed by atoms with E-state index in [0.717, 1.165) is 12.1 Å². The molecule has 4 heteroatoms. The number of hydrogen-bond donors (Lipinski definition) is 1. The summed E-state index contributed by atoms with van der Waals surface area (Å²) in [5.74, 6) is -0.227. The van der Waals surface area contributed by atoms with Gasteiger partial charge in [-0.15, -0.1) is 0 Å². The van der Waals surface area contributed by atoms with E-state index in [1.807, 2.05) is 13.0 Å². The Kier molecular flexibility index (Phi) is 3.24. The third-order valence-electron chi connectivity index (χ3n) is 2.92. The Morgan fingerprint density at radius 3 is 2.94 bits per heavy atom. The lowest BCUT2D eigenvalue weighted by atomic mass is 10.1. The van der Waals surface area contributed by atoms with E-state index in [9.17, 15) is 4.39 Å². The number of nitrogens with zero attached hydrogens (tertiary/aromatic N) is 2. The van der Waals surface area contributed by atoms with Gasteiger partial charge >= 0.3 is 0 Å². The van der Waals surface area contributed by atoms with Crippen molar-refractivity contribution in [1.82, 2.24) is 9.55 Å². The minimum absolute atomic E-state index is 0.127. The standard InChI is InChI=1S/C13H16FN3/c1-3-10(15)12-7-16-8-17(12)11-6-4-5-9(2)13(11)14/h4-8,10H,3,15H2,1-2H3/t10-/m1/s1. The monoisotopic (exact) mass is 233 g/mol. The van der Waals surface area contributed by atoms with Crippen LogP contribution in [0.4, 0.5) is 4.39 Å². The van der Waals surface area contributed by atoms with E-state index < -0.39 is 0 Å². The highest BCUT2D eigenvalue weighted by atomic mass is 19.1. The number of rotatable bonds is 3. The minimum atomic E-state index is -0.227. The molecule has 3 nitrogen and oxygen atoms in total. The highest BCUT2D eigenvalue weighted by Gasteiger charge is 2.14. The molecule has 1 atom stereocenters. The molecule has 0 fully saturated rings. The summed E-state index contributed by atoms with van der Waals surface area (Å²) in [6.45, 7) is 3.74. The molecule has 0 amide bonds. The van der Waals surface area contributed by atoms with Crippen LogP contribution >= 0.6 is 0 Å². The fourth-order valence-corrected chi connectivity index (χ4v) is 1.81. The van der Waals surface area contributed by atoms with Gasteiger partial charge in [0, 0.05) is 6.04 Å². The van der Waals surface area contributed by atoms with Gasteiger partial charge in [0.25, 0.3) is 0 Å². The first-order valence-corrected chi connectivity index (χ1v) is 5.68. The maximum Gasteiger partial charge on any atom is 0.150 e. The van der Waals surface area contributed by atoms with Crippen LogP contribution in [0.15, 0.2) is 30.7 Å². The molecule has 1 heterocycles. The summed E-state index contributed by atoms with van der Waals surface area (Å²) in [7, 11) is 0. The zero-order chi connectivity index (χ0) is 12.4. The van der Waals surface area contributed by atoms with Crippen LogP contribution in [0.2, 0.25) is 0 Å². The summed E-state index contributed by atoms with van der Waals surface area (Å²) in [6, 6.07) is 5.18. The zero-order valence-corrected chi connectivity index (χ0v) is 10.0. The van der Waals surface area contributed by atoms with E-state index >= 15 is 0 Å². The lowest BCUT2D eigenvalue weighted by Gasteiger charge is -2.14. The van der Waals surface area contributed by atoms with E-state index in [1.54, 1.807) is 36.1 Å². The molecule has 0 aliphatic carbocycles. The first-order chi connectivity index (χ1) is 8.15. The molecule has 0 bridgehead atoms. The average molecular weight is 233 g/mol. The fourth-order valence-electron chi connectivity index (χ4n) is 1.81. The molecule has 1 aromatic heterocycles.